The first-order chi connectivity index (χ1) is 15.2. The van der Waals surface area contributed by atoms with Crippen LogP contribution in [0.1, 0.15) is 44.9 Å². The molecule has 1 saturated heterocycles. The zero-order chi connectivity index (χ0) is 22.9. The van der Waals surface area contributed by atoms with Gasteiger partial charge in [0.1, 0.15) is 16.9 Å². The van der Waals surface area contributed by atoms with Crippen LogP contribution in [0.4, 0.5) is 5.69 Å². The van der Waals surface area contributed by atoms with Crippen LogP contribution in [0.2, 0.25) is 0 Å². The lowest BCUT2D eigenvalue weighted by molar-refractivity contribution is -0.0793. The maximum atomic E-state index is 13.7. The number of aliphatic hydroxyl groups is 1. The molecule has 1 aliphatic rings. The summed E-state index contributed by atoms with van der Waals surface area (Å²) in [6.45, 7) is 7.39. The molecule has 0 saturated carbocycles. The van der Waals surface area contributed by atoms with Crippen LogP contribution in [0.15, 0.2) is 57.8 Å². The normalized spacial score (nSPS) is 16.5. The van der Waals surface area contributed by atoms with E-state index in [1.165, 1.54) is 4.31 Å². The van der Waals surface area contributed by atoms with Crippen molar-refractivity contribution in [2.75, 3.05) is 24.1 Å². The molecule has 0 unspecified atom stereocenters. The Hall–Kier alpha value is -2.35. The molecule has 1 aromatic heterocycles. The highest BCUT2D eigenvalue weighted by atomic mass is 32.2. The highest BCUT2D eigenvalue weighted by molar-refractivity contribution is 7.92. The summed E-state index contributed by atoms with van der Waals surface area (Å²) < 4.78 is 40.1. The Balaban J connectivity index is 1.72. The average molecular weight is 458 g/mol. The highest BCUT2D eigenvalue weighted by Gasteiger charge is 2.35. The summed E-state index contributed by atoms with van der Waals surface area (Å²) in [5.74, 6) is 0.613. The fourth-order valence-electron chi connectivity index (χ4n) is 4.07. The molecule has 6 nitrogen and oxygen atoms in total. The third-order valence-electron chi connectivity index (χ3n) is 6.02. The molecule has 172 valence electrons. The van der Waals surface area contributed by atoms with E-state index in [0.717, 1.165) is 12.0 Å². The molecule has 1 N–H and O–H groups in total. The number of fused-ring (bicyclic) bond motifs is 1. The topological polar surface area (TPSA) is 80.0 Å². The quantitative estimate of drug-likeness (QED) is 0.549. The number of ether oxygens (including phenoxy) is 1. The van der Waals surface area contributed by atoms with Gasteiger partial charge in [-0.3, -0.25) is 4.31 Å². The Morgan fingerprint density at radius 1 is 1.06 bits per heavy atom. The van der Waals surface area contributed by atoms with Gasteiger partial charge in [-0.05, 0) is 54.3 Å². The van der Waals surface area contributed by atoms with E-state index in [2.05, 4.69) is 6.92 Å². The van der Waals surface area contributed by atoms with Gasteiger partial charge in [-0.1, -0.05) is 32.9 Å². The summed E-state index contributed by atoms with van der Waals surface area (Å²) in [6, 6.07) is 14.3. The fraction of sp³-hybridized carbons (Fsp3) is 0.440. The molecule has 0 aliphatic carbocycles. The largest absolute Gasteiger partial charge is 0.458 e. The summed E-state index contributed by atoms with van der Waals surface area (Å²) in [4.78, 5) is 0.205. The molecular weight excluding hydrogens is 426 g/mol. The van der Waals surface area contributed by atoms with E-state index in [-0.39, 0.29) is 10.8 Å². The Bertz CT molecular complexity index is 1170. The van der Waals surface area contributed by atoms with Crippen molar-refractivity contribution in [2.45, 2.75) is 50.5 Å². The van der Waals surface area contributed by atoms with Gasteiger partial charge in [0.25, 0.3) is 10.0 Å². The minimum atomic E-state index is -3.78. The second-order valence-corrected chi connectivity index (χ2v) is 10.8. The van der Waals surface area contributed by atoms with Gasteiger partial charge in [-0.25, -0.2) is 8.42 Å². The van der Waals surface area contributed by atoms with E-state index in [1.54, 1.807) is 24.3 Å². The molecule has 2 aromatic carbocycles. The first-order valence-electron chi connectivity index (χ1n) is 11.2. The monoisotopic (exact) mass is 457 g/mol. The minimum Gasteiger partial charge on any atom is -0.458 e. The van der Waals surface area contributed by atoms with E-state index < -0.39 is 15.6 Å². The van der Waals surface area contributed by atoms with Gasteiger partial charge in [0.15, 0.2) is 0 Å². The molecule has 0 amide bonds. The molecule has 0 atom stereocenters. The predicted octanol–water partition coefficient (Wildman–Crippen LogP) is 4.84. The number of benzene rings is 2. The lowest BCUT2D eigenvalue weighted by Gasteiger charge is -2.29. The minimum absolute atomic E-state index is 0.155. The van der Waals surface area contributed by atoms with Crippen molar-refractivity contribution >= 4 is 26.7 Å². The van der Waals surface area contributed by atoms with Crippen molar-refractivity contribution in [3.05, 3.63) is 59.9 Å². The summed E-state index contributed by atoms with van der Waals surface area (Å²) in [5.41, 5.74) is 1.29. The lowest BCUT2D eigenvalue weighted by atomic mass is 9.91. The maximum absolute atomic E-state index is 13.7. The molecular formula is C25H31NO5S. The number of nitrogens with zero attached hydrogens (tertiary/aromatic N) is 1. The predicted molar refractivity (Wildman–Crippen MR) is 125 cm³/mol. The molecule has 4 rings (SSSR count). The number of anilines is 1. The maximum Gasteiger partial charge on any atom is 0.264 e. The first kappa shape index (κ1) is 22.8. The van der Waals surface area contributed by atoms with Gasteiger partial charge in [-0.15, -0.1) is 0 Å². The van der Waals surface area contributed by atoms with Gasteiger partial charge in [0.05, 0.1) is 10.6 Å². The third-order valence-corrected chi connectivity index (χ3v) is 7.81. The van der Waals surface area contributed by atoms with Gasteiger partial charge >= 0.3 is 0 Å². The number of rotatable bonds is 7. The standard InChI is InChI=1S/C25H31NO5S/c1-4-19-5-7-21(8-6-19)26(17-18(2)3)32(28,29)22-9-10-23-20(15-22)16-24(31-23)25(27)11-13-30-14-12-25/h5-10,15-16,18,27H,4,11-14,17H2,1-3H3. The van der Waals surface area contributed by atoms with Crippen LogP contribution >= 0.6 is 0 Å². The molecule has 0 radical (unpaired) electrons. The van der Waals surface area contributed by atoms with Crippen molar-refractivity contribution < 1.29 is 22.7 Å². The van der Waals surface area contributed by atoms with Gasteiger partial charge in [0, 0.05) is 38.0 Å². The Kier molecular flexibility index (Phi) is 6.34. The van der Waals surface area contributed by atoms with Crippen LogP contribution in [0.5, 0.6) is 0 Å². The highest BCUT2D eigenvalue weighted by Crippen LogP contribution is 2.36. The summed E-state index contributed by atoms with van der Waals surface area (Å²) >= 11 is 0. The summed E-state index contributed by atoms with van der Waals surface area (Å²) in [6.07, 6.45) is 1.80. The van der Waals surface area contributed by atoms with E-state index in [1.807, 2.05) is 38.1 Å². The average Bonchev–Trinajstić information content (AvgIpc) is 3.22. The van der Waals surface area contributed by atoms with Crippen molar-refractivity contribution in [3.8, 4) is 0 Å². The first-order valence-corrected chi connectivity index (χ1v) is 12.6. The molecule has 0 spiro atoms. The van der Waals surface area contributed by atoms with Crippen molar-refractivity contribution in [1.82, 2.24) is 0 Å². The molecule has 1 aliphatic heterocycles. The SMILES string of the molecule is CCc1ccc(N(CC(C)C)S(=O)(=O)c2ccc3oc(C4(O)CCOCC4)cc3c2)cc1. The second-order valence-electron chi connectivity index (χ2n) is 8.90. The third kappa shape index (κ3) is 4.42. The molecule has 0 bridgehead atoms. The lowest BCUT2D eigenvalue weighted by Crippen LogP contribution is -2.34. The van der Waals surface area contributed by atoms with Crippen LogP contribution in [-0.4, -0.2) is 33.3 Å². The number of furan rings is 1. The molecule has 7 heteroatoms. The second kappa shape index (κ2) is 8.89. The Labute approximate surface area is 189 Å². The van der Waals surface area contributed by atoms with Gasteiger partial charge in [0.2, 0.25) is 0 Å². The Morgan fingerprint density at radius 3 is 2.38 bits per heavy atom. The molecule has 1 fully saturated rings. The Morgan fingerprint density at radius 2 is 1.75 bits per heavy atom. The smallest absolute Gasteiger partial charge is 0.264 e. The van der Waals surface area contributed by atoms with Crippen LogP contribution in [0.25, 0.3) is 11.0 Å². The van der Waals surface area contributed by atoms with Gasteiger partial charge in [-0.2, -0.15) is 0 Å². The van der Waals surface area contributed by atoms with Crippen LogP contribution < -0.4 is 4.31 Å². The molecule has 32 heavy (non-hydrogen) atoms. The van der Waals surface area contributed by atoms with E-state index in [4.69, 9.17) is 9.15 Å². The number of hydrogen-bond donors (Lipinski definition) is 1. The van der Waals surface area contributed by atoms with Crippen molar-refractivity contribution in [3.63, 3.8) is 0 Å². The number of aryl methyl sites for hydroxylation is 1. The van der Waals surface area contributed by atoms with Crippen molar-refractivity contribution in [2.24, 2.45) is 5.92 Å². The fourth-order valence-corrected chi connectivity index (χ4v) is 5.73. The van der Waals surface area contributed by atoms with Gasteiger partial charge < -0.3 is 14.3 Å². The zero-order valence-electron chi connectivity index (χ0n) is 18.9. The summed E-state index contributed by atoms with van der Waals surface area (Å²) in [7, 11) is -3.78. The van der Waals surface area contributed by atoms with E-state index >= 15 is 0 Å². The van der Waals surface area contributed by atoms with Crippen LogP contribution in [0.3, 0.4) is 0 Å². The van der Waals surface area contributed by atoms with E-state index in [0.29, 0.717) is 55.0 Å². The zero-order valence-corrected chi connectivity index (χ0v) is 19.7. The number of hydrogen-bond acceptors (Lipinski definition) is 5. The summed E-state index contributed by atoms with van der Waals surface area (Å²) in [5, 5.41) is 11.6. The van der Waals surface area contributed by atoms with Crippen LogP contribution in [-0.2, 0) is 26.8 Å². The van der Waals surface area contributed by atoms with E-state index in [9.17, 15) is 13.5 Å². The van der Waals surface area contributed by atoms with Crippen LogP contribution in [0, 0.1) is 5.92 Å². The molecule has 2 heterocycles. The number of sulfonamides is 1. The molecule has 3 aromatic rings. The van der Waals surface area contributed by atoms with Crippen molar-refractivity contribution in [1.29, 1.82) is 0 Å².